The summed E-state index contributed by atoms with van der Waals surface area (Å²) in [6, 6.07) is 17.9. The van der Waals surface area contributed by atoms with E-state index >= 15 is 0 Å². The van der Waals surface area contributed by atoms with Gasteiger partial charge < -0.3 is 10.2 Å². The highest BCUT2D eigenvalue weighted by atomic mass is 16.2. The molecule has 0 saturated heterocycles. The molecule has 5 nitrogen and oxygen atoms in total. The van der Waals surface area contributed by atoms with E-state index < -0.39 is 0 Å². The van der Waals surface area contributed by atoms with Crippen molar-refractivity contribution >= 4 is 11.8 Å². The first-order valence-corrected chi connectivity index (χ1v) is 7.16. The highest BCUT2D eigenvalue weighted by Crippen LogP contribution is 2.06. The summed E-state index contributed by atoms with van der Waals surface area (Å²) in [4.78, 5) is 25.5. The summed E-state index contributed by atoms with van der Waals surface area (Å²) in [5.41, 5.74) is 2.03. The molecule has 0 aliphatic carbocycles. The lowest BCUT2D eigenvalue weighted by atomic mass is 10.1. The van der Waals surface area contributed by atoms with E-state index in [4.69, 9.17) is 5.26 Å². The largest absolute Gasteiger partial charge is 0.343 e. The van der Waals surface area contributed by atoms with Crippen molar-refractivity contribution in [1.29, 1.82) is 5.26 Å². The monoisotopic (exact) mass is 307 g/mol. The smallest absolute Gasteiger partial charge is 0.251 e. The maximum absolute atomic E-state index is 12.1. The number of amides is 2. The van der Waals surface area contributed by atoms with Gasteiger partial charge in [0.1, 0.15) is 0 Å². The normalized spacial score (nSPS) is 9.74. The van der Waals surface area contributed by atoms with Crippen LogP contribution in [0.3, 0.4) is 0 Å². The van der Waals surface area contributed by atoms with Crippen LogP contribution in [0.25, 0.3) is 0 Å². The Kier molecular flexibility index (Phi) is 5.48. The molecule has 2 aromatic carbocycles. The molecule has 0 unspecified atom stereocenters. The van der Waals surface area contributed by atoms with E-state index in [0.717, 1.165) is 5.56 Å². The highest BCUT2D eigenvalue weighted by molar-refractivity contribution is 5.96. The fourth-order valence-electron chi connectivity index (χ4n) is 2.03. The lowest BCUT2D eigenvalue weighted by Crippen LogP contribution is -2.37. The first-order valence-electron chi connectivity index (χ1n) is 7.16. The van der Waals surface area contributed by atoms with Crippen LogP contribution in [0.4, 0.5) is 0 Å². The van der Waals surface area contributed by atoms with E-state index in [0.29, 0.717) is 17.7 Å². The first-order chi connectivity index (χ1) is 11.1. The van der Waals surface area contributed by atoms with Gasteiger partial charge in [-0.3, -0.25) is 9.59 Å². The number of carbonyl (C=O) groups excluding carboxylic acids is 2. The maximum atomic E-state index is 12.1. The van der Waals surface area contributed by atoms with Crippen molar-refractivity contribution in [2.24, 2.45) is 0 Å². The number of likely N-dealkylation sites (N-methyl/N-ethyl adjacent to an activating group) is 1. The number of hydrogen-bond acceptors (Lipinski definition) is 3. The fourth-order valence-corrected chi connectivity index (χ4v) is 2.03. The predicted octanol–water partition coefficient (Wildman–Crippen LogP) is 1.95. The average molecular weight is 307 g/mol. The first kappa shape index (κ1) is 16.2. The highest BCUT2D eigenvalue weighted by Gasteiger charge is 2.11. The van der Waals surface area contributed by atoms with Gasteiger partial charge in [-0.05, 0) is 29.8 Å². The van der Waals surface area contributed by atoms with Crippen molar-refractivity contribution < 1.29 is 9.59 Å². The third-order valence-corrected chi connectivity index (χ3v) is 3.36. The fraction of sp³-hybridized carbons (Fsp3) is 0.167. The van der Waals surface area contributed by atoms with Crippen molar-refractivity contribution in [3.8, 4) is 6.07 Å². The lowest BCUT2D eigenvalue weighted by molar-refractivity contribution is -0.129. The Morgan fingerprint density at radius 3 is 2.35 bits per heavy atom. The molecule has 2 rings (SSSR count). The third kappa shape index (κ3) is 4.68. The number of hydrogen-bond donors (Lipinski definition) is 1. The van der Waals surface area contributed by atoms with E-state index in [2.05, 4.69) is 11.4 Å². The predicted molar refractivity (Wildman–Crippen MR) is 86.4 cm³/mol. The van der Waals surface area contributed by atoms with Gasteiger partial charge in [-0.1, -0.05) is 30.3 Å². The number of nitrogens with one attached hydrogen (secondary N) is 1. The number of benzene rings is 2. The zero-order chi connectivity index (χ0) is 16.7. The van der Waals surface area contributed by atoms with Crippen molar-refractivity contribution in [2.45, 2.75) is 6.54 Å². The van der Waals surface area contributed by atoms with Crippen LogP contribution in [0, 0.1) is 11.3 Å². The minimum atomic E-state index is -0.272. The van der Waals surface area contributed by atoms with Gasteiger partial charge in [0.15, 0.2) is 0 Å². The Labute approximate surface area is 135 Å². The molecule has 0 saturated carbocycles. The molecule has 0 bridgehead atoms. The topological polar surface area (TPSA) is 73.2 Å². The van der Waals surface area contributed by atoms with Crippen LogP contribution in [0.5, 0.6) is 0 Å². The second-order valence-corrected chi connectivity index (χ2v) is 5.11. The molecule has 23 heavy (non-hydrogen) atoms. The van der Waals surface area contributed by atoms with E-state index in [1.807, 2.05) is 18.2 Å². The second-order valence-electron chi connectivity index (χ2n) is 5.11. The SMILES string of the molecule is CN(Cc1ccc(C#N)cc1)C(=O)CNC(=O)c1ccccc1. The van der Waals surface area contributed by atoms with Crippen molar-refractivity contribution in [3.05, 3.63) is 71.3 Å². The average Bonchev–Trinajstić information content (AvgIpc) is 2.60. The number of nitriles is 1. The zero-order valence-corrected chi connectivity index (χ0v) is 12.8. The second kappa shape index (κ2) is 7.76. The molecular weight excluding hydrogens is 290 g/mol. The van der Waals surface area contributed by atoms with Gasteiger partial charge >= 0.3 is 0 Å². The Balaban J connectivity index is 1.85. The minimum absolute atomic E-state index is 0.0551. The quantitative estimate of drug-likeness (QED) is 0.917. The zero-order valence-electron chi connectivity index (χ0n) is 12.8. The van der Waals surface area contributed by atoms with Gasteiger partial charge in [0, 0.05) is 19.2 Å². The molecule has 0 atom stereocenters. The molecule has 0 aliphatic heterocycles. The summed E-state index contributed by atoms with van der Waals surface area (Å²) in [5, 5.41) is 11.4. The van der Waals surface area contributed by atoms with Gasteiger partial charge in [-0.15, -0.1) is 0 Å². The summed E-state index contributed by atoms with van der Waals surface area (Å²) in [7, 11) is 1.68. The van der Waals surface area contributed by atoms with E-state index in [-0.39, 0.29) is 18.4 Å². The maximum Gasteiger partial charge on any atom is 0.251 e. The molecule has 0 radical (unpaired) electrons. The van der Waals surface area contributed by atoms with Gasteiger partial charge in [-0.2, -0.15) is 5.26 Å². The third-order valence-electron chi connectivity index (χ3n) is 3.36. The Morgan fingerprint density at radius 1 is 1.09 bits per heavy atom. The van der Waals surface area contributed by atoms with Crippen molar-refractivity contribution in [2.75, 3.05) is 13.6 Å². The van der Waals surface area contributed by atoms with Crippen LogP contribution in [0.2, 0.25) is 0 Å². The van der Waals surface area contributed by atoms with Crippen LogP contribution >= 0.6 is 0 Å². The Bertz CT molecular complexity index is 718. The minimum Gasteiger partial charge on any atom is -0.343 e. The summed E-state index contributed by atoms with van der Waals surface area (Å²) < 4.78 is 0. The molecule has 1 N–H and O–H groups in total. The van der Waals surface area contributed by atoms with Crippen LogP contribution in [-0.4, -0.2) is 30.3 Å². The molecule has 2 amide bonds. The number of rotatable bonds is 5. The number of nitrogens with zero attached hydrogens (tertiary/aromatic N) is 2. The lowest BCUT2D eigenvalue weighted by Gasteiger charge is -2.17. The standard InChI is InChI=1S/C18H17N3O2/c1-21(13-15-9-7-14(11-19)8-10-15)17(22)12-20-18(23)16-5-3-2-4-6-16/h2-10H,12-13H2,1H3,(H,20,23). The Morgan fingerprint density at radius 2 is 1.74 bits per heavy atom. The van der Waals surface area contributed by atoms with Crippen LogP contribution < -0.4 is 5.32 Å². The van der Waals surface area contributed by atoms with E-state index in [1.165, 1.54) is 4.90 Å². The molecule has 0 aliphatic rings. The van der Waals surface area contributed by atoms with E-state index in [1.54, 1.807) is 43.4 Å². The van der Waals surface area contributed by atoms with E-state index in [9.17, 15) is 9.59 Å². The summed E-state index contributed by atoms with van der Waals surface area (Å²) in [5.74, 6) is -0.454. The molecule has 2 aromatic rings. The molecule has 5 heteroatoms. The molecule has 116 valence electrons. The van der Waals surface area contributed by atoms with Crippen molar-refractivity contribution in [3.63, 3.8) is 0 Å². The molecular formula is C18H17N3O2. The summed E-state index contributed by atoms with van der Waals surface area (Å²) >= 11 is 0. The Hall–Kier alpha value is -3.13. The summed E-state index contributed by atoms with van der Waals surface area (Å²) in [6.45, 7) is 0.367. The number of carbonyl (C=O) groups is 2. The van der Waals surface area contributed by atoms with Gasteiger partial charge in [0.05, 0.1) is 18.2 Å². The molecule has 0 heterocycles. The van der Waals surface area contributed by atoms with Crippen LogP contribution in [0.1, 0.15) is 21.5 Å². The van der Waals surface area contributed by atoms with Crippen LogP contribution in [-0.2, 0) is 11.3 Å². The van der Waals surface area contributed by atoms with Gasteiger partial charge in [-0.25, -0.2) is 0 Å². The summed E-state index contributed by atoms with van der Waals surface area (Å²) in [6.07, 6.45) is 0. The van der Waals surface area contributed by atoms with Crippen LogP contribution in [0.15, 0.2) is 54.6 Å². The molecule has 0 fully saturated rings. The molecule has 0 aromatic heterocycles. The van der Waals surface area contributed by atoms with Crippen molar-refractivity contribution in [1.82, 2.24) is 10.2 Å². The molecule has 0 spiro atoms. The van der Waals surface area contributed by atoms with Gasteiger partial charge in [0.25, 0.3) is 5.91 Å². The van der Waals surface area contributed by atoms with Gasteiger partial charge in [0.2, 0.25) is 5.91 Å².